The summed E-state index contributed by atoms with van der Waals surface area (Å²) in [5, 5.41) is 0.737. The van der Waals surface area contributed by atoms with E-state index in [1.165, 1.54) is 18.6 Å². The Morgan fingerprint density at radius 3 is 2.88 bits per heavy atom. The summed E-state index contributed by atoms with van der Waals surface area (Å²) in [5.74, 6) is 0. The summed E-state index contributed by atoms with van der Waals surface area (Å²) in [6, 6.07) is 1.29. The van der Waals surface area contributed by atoms with Crippen molar-refractivity contribution in [3.63, 3.8) is 0 Å². The monoisotopic (exact) mass is 268 g/mol. The maximum Gasteiger partial charge on any atom is 0.251 e. The Balaban J connectivity index is 2.39. The van der Waals surface area contributed by atoms with E-state index in [0.29, 0.717) is 16.5 Å². The molecule has 0 fully saturated rings. The van der Waals surface area contributed by atoms with E-state index in [-0.39, 0.29) is 16.3 Å². The van der Waals surface area contributed by atoms with Gasteiger partial charge in [-0.05, 0) is 11.8 Å². The minimum Gasteiger partial charge on any atom is -0.301 e. The molecular weight excluding hydrogens is 264 g/mol. The summed E-state index contributed by atoms with van der Waals surface area (Å²) in [5.41, 5.74) is -0.110. The molecule has 17 heavy (non-hydrogen) atoms. The molecule has 2 aromatic heterocycles. The number of hydrogen-bond donors (Lipinski definition) is 1. The van der Waals surface area contributed by atoms with Crippen molar-refractivity contribution in [1.82, 2.24) is 19.9 Å². The number of halogens is 1. The molecule has 2 aromatic rings. The number of carbonyl (C=O) groups excluding carboxylic acids is 1. The smallest absolute Gasteiger partial charge is 0.251 e. The van der Waals surface area contributed by atoms with Gasteiger partial charge in [-0.25, -0.2) is 15.0 Å². The van der Waals surface area contributed by atoms with Gasteiger partial charge in [0.15, 0.2) is 11.4 Å². The molecule has 2 rings (SSSR count). The van der Waals surface area contributed by atoms with Gasteiger partial charge in [-0.2, -0.15) is 0 Å². The van der Waals surface area contributed by atoms with Crippen LogP contribution in [-0.4, -0.2) is 26.2 Å². The largest absolute Gasteiger partial charge is 0.301 e. The second-order valence-corrected chi connectivity index (χ2v) is 4.18. The first-order valence-electron chi connectivity index (χ1n) is 4.39. The zero-order valence-corrected chi connectivity index (χ0v) is 9.83. The van der Waals surface area contributed by atoms with Crippen LogP contribution >= 0.6 is 23.4 Å². The van der Waals surface area contributed by atoms with Crippen molar-refractivity contribution < 1.29 is 4.79 Å². The topological polar surface area (TPSA) is 88.6 Å². The number of H-pyrrole nitrogens is 1. The molecule has 0 saturated heterocycles. The van der Waals surface area contributed by atoms with Crippen molar-refractivity contribution in [1.29, 1.82) is 0 Å². The molecule has 0 radical (unpaired) electrons. The van der Waals surface area contributed by atoms with Crippen molar-refractivity contribution >= 4 is 29.6 Å². The summed E-state index contributed by atoms with van der Waals surface area (Å²) in [4.78, 5) is 35.9. The van der Waals surface area contributed by atoms with Crippen LogP contribution in [0.2, 0.25) is 5.15 Å². The van der Waals surface area contributed by atoms with Crippen LogP contribution in [-0.2, 0) is 0 Å². The lowest BCUT2D eigenvalue weighted by Gasteiger charge is -2.02. The molecule has 0 aliphatic carbocycles. The van der Waals surface area contributed by atoms with Gasteiger partial charge in [-0.3, -0.25) is 9.59 Å². The maximum atomic E-state index is 11.1. The quantitative estimate of drug-likeness (QED) is 0.511. The van der Waals surface area contributed by atoms with Gasteiger partial charge in [0, 0.05) is 12.3 Å². The number of aromatic nitrogens is 4. The third kappa shape index (κ3) is 2.69. The average Bonchev–Trinajstić information content (AvgIpc) is 2.29. The molecule has 0 aromatic carbocycles. The zero-order chi connectivity index (χ0) is 12.3. The summed E-state index contributed by atoms with van der Waals surface area (Å²) in [6.45, 7) is 0. The third-order valence-corrected chi connectivity index (χ3v) is 2.98. The van der Waals surface area contributed by atoms with E-state index in [1.54, 1.807) is 0 Å². The van der Waals surface area contributed by atoms with E-state index in [2.05, 4.69) is 19.9 Å². The fourth-order valence-electron chi connectivity index (χ4n) is 1.04. The molecule has 6 nitrogen and oxygen atoms in total. The molecule has 0 spiro atoms. The van der Waals surface area contributed by atoms with Gasteiger partial charge in [0.2, 0.25) is 0 Å². The second kappa shape index (κ2) is 5.07. The second-order valence-electron chi connectivity index (χ2n) is 2.84. The molecule has 0 bridgehead atoms. The summed E-state index contributed by atoms with van der Waals surface area (Å²) in [7, 11) is 0. The lowest BCUT2D eigenvalue weighted by Crippen LogP contribution is -2.05. The summed E-state index contributed by atoms with van der Waals surface area (Å²) < 4.78 is 0. The number of aldehydes is 1. The number of nitrogens with zero attached hydrogens (tertiary/aromatic N) is 3. The molecule has 0 unspecified atom stereocenters. The number of nitrogens with one attached hydrogen (secondary N) is 1. The van der Waals surface area contributed by atoms with Gasteiger partial charge in [-0.1, -0.05) is 11.6 Å². The standard InChI is InChI=1S/C9H5ClN4O2S/c10-7-5(3-15)8(13-4-12-7)17-9-11-2-1-6(16)14-9/h1-4H,(H,11,14,16). The molecule has 2 heterocycles. The van der Waals surface area contributed by atoms with Crippen LogP contribution in [0.3, 0.4) is 0 Å². The Kier molecular flexibility index (Phi) is 3.50. The zero-order valence-electron chi connectivity index (χ0n) is 8.25. The van der Waals surface area contributed by atoms with Crippen LogP contribution in [0.5, 0.6) is 0 Å². The van der Waals surface area contributed by atoms with Crippen LogP contribution in [0, 0.1) is 0 Å². The van der Waals surface area contributed by atoms with Crippen LogP contribution < -0.4 is 5.56 Å². The lowest BCUT2D eigenvalue weighted by molar-refractivity contribution is 0.112. The first kappa shape index (κ1) is 11.7. The molecule has 0 amide bonds. The minimum absolute atomic E-state index is 0.0655. The fourth-order valence-corrected chi connectivity index (χ4v) is 2.07. The first-order valence-corrected chi connectivity index (χ1v) is 5.59. The molecule has 1 N–H and O–H groups in total. The fraction of sp³-hybridized carbons (Fsp3) is 0. The first-order chi connectivity index (χ1) is 8.20. The van der Waals surface area contributed by atoms with Crippen LogP contribution in [0.25, 0.3) is 0 Å². The van der Waals surface area contributed by atoms with E-state index in [4.69, 9.17) is 11.6 Å². The highest BCUT2D eigenvalue weighted by Gasteiger charge is 2.11. The van der Waals surface area contributed by atoms with E-state index >= 15 is 0 Å². The molecule has 0 atom stereocenters. The Labute approximate surface area is 104 Å². The van der Waals surface area contributed by atoms with Crippen molar-refractivity contribution in [2.75, 3.05) is 0 Å². The van der Waals surface area contributed by atoms with Gasteiger partial charge in [0.25, 0.3) is 5.56 Å². The van der Waals surface area contributed by atoms with Crippen molar-refractivity contribution in [2.45, 2.75) is 10.2 Å². The van der Waals surface area contributed by atoms with Gasteiger partial charge in [0.05, 0.1) is 5.56 Å². The Hall–Kier alpha value is -1.73. The van der Waals surface area contributed by atoms with Crippen molar-refractivity contribution in [3.8, 4) is 0 Å². The number of rotatable bonds is 3. The van der Waals surface area contributed by atoms with Crippen LogP contribution in [0.1, 0.15) is 10.4 Å². The maximum absolute atomic E-state index is 11.1. The highest BCUT2D eigenvalue weighted by atomic mass is 35.5. The van der Waals surface area contributed by atoms with Crippen molar-refractivity contribution in [3.05, 3.63) is 39.7 Å². The van der Waals surface area contributed by atoms with Crippen molar-refractivity contribution in [2.24, 2.45) is 0 Å². The van der Waals surface area contributed by atoms with E-state index in [0.717, 1.165) is 11.8 Å². The molecule has 86 valence electrons. The van der Waals surface area contributed by atoms with Crippen LogP contribution in [0.15, 0.2) is 33.6 Å². The van der Waals surface area contributed by atoms with E-state index in [9.17, 15) is 9.59 Å². The van der Waals surface area contributed by atoms with Gasteiger partial charge >= 0.3 is 0 Å². The van der Waals surface area contributed by atoms with Gasteiger partial charge in [0.1, 0.15) is 16.5 Å². The Bertz CT molecular complexity index is 616. The van der Waals surface area contributed by atoms with Gasteiger partial charge in [-0.15, -0.1) is 0 Å². The number of hydrogen-bond acceptors (Lipinski definition) is 6. The predicted octanol–water partition coefficient (Wildman–Crippen LogP) is 1.18. The predicted molar refractivity (Wildman–Crippen MR) is 61.4 cm³/mol. The highest BCUT2D eigenvalue weighted by Crippen LogP contribution is 2.26. The van der Waals surface area contributed by atoms with E-state index in [1.807, 2.05) is 0 Å². The molecule has 0 saturated carbocycles. The number of aromatic amines is 1. The number of carbonyl (C=O) groups is 1. The third-order valence-electron chi connectivity index (χ3n) is 1.76. The molecule has 0 aliphatic heterocycles. The SMILES string of the molecule is O=Cc1c(Cl)ncnc1Sc1nccc(=O)[nH]1. The minimum atomic E-state index is -0.282. The molecule has 8 heteroatoms. The average molecular weight is 269 g/mol. The summed E-state index contributed by atoms with van der Waals surface area (Å²) in [6.07, 6.45) is 3.16. The lowest BCUT2D eigenvalue weighted by atomic mass is 10.4. The Morgan fingerprint density at radius 1 is 1.35 bits per heavy atom. The Morgan fingerprint density at radius 2 is 2.18 bits per heavy atom. The molecular formula is C9H5ClN4O2S. The summed E-state index contributed by atoms with van der Waals surface area (Å²) >= 11 is 6.77. The van der Waals surface area contributed by atoms with Gasteiger partial charge < -0.3 is 4.98 Å². The van der Waals surface area contributed by atoms with Crippen LogP contribution in [0.4, 0.5) is 0 Å². The van der Waals surface area contributed by atoms with E-state index < -0.39 is 0 Å². The molecule has 0 aliphatic rings. The normalized spacial score (nSPS) is 10.2. The highest BCUT2D eigenvalue weighted by molar-refractivity contribution is 7.99.